The molecule has 1 amide bonds. The first-order valence-corrected chi connectivity index (χ1v) is 11.4. The number of methoxy groups -OCH3 is 2. The zero-order chi connectivity index (χ0) is 23.5. The van der Waals surface area contributed by atoms with Crippen molar-refractivity contribution >= 4 is 27.3 Å². The number of hydrogen-bond acceptors (Lipinski definition) is 5. The normalized spacial score (nSPS) is 11.0. The van der Waals surface area contributed by atoms with Crippen molar-refractivity contribution in [2.75, 3.05) is 24.3 Å². The number of rotatable bonds is 7. The van der Waals surface area contributed by atoms with Gasteiger partial charge in [0.25, 0.3) is 15.9 Å². The number of sulfonamides is 1. The van der Waals surface area contributed by atoms with E-state index in [1.807, 2.05) is 19.9 Å². The van der Waals surface area contributed by atoms with Gasteiger partial charge in [0, 0.05) is 17.3 Å². The van der Waals surface area contributed by atoms with Crippen LogP contribution in [0.4, 0.5) is 11.4 Å². The van der Waals surface area contributed by atoms with Crippen LogP contribution in [0, 0.1) is 20.8 Å². The van der Waals surface area contributed by atoms with E-state index >= 15 is 0 Å². The Hall–Kier alpha value is -3.52. The van der Waals surface area contributed by atoms with Crippen molar-refractivity contribution < 1.29 is 22.7 Å². The number of aryl methyl sites for hydroxylation is 3. The highest BCUT2D eigenvalue weighted by molar-refractivity contribution is 7.92. The van der Waals surface area contributed by atoms with E-state index in [1.54, 1.807) is 49.4 Å². The summed E-state index contributed by atoms with van der Waals surface area (Å²) in [5.41, 5.74) is 3.68. The lowest BCUT2D eigenvalue weighted by Crippen LogP contribution is -2.17. The predicted molar refractivity (Wildman–Crippen MR) is 125 cm³/mol. The van der Waals surface area contributed by atoms with Crippen molar-refractivity contribution in [1.29, 1.82) is 0 Å². The van der Waals surface area contributed by atoms with E-state index < -0.39 is 15.9 Å². The van der Waals surface area contributed by atoms with Gasteiger partial charge in [0.15, 0.2) is 0 Å². The average Bonchev–Trinajstić information content (AvgIpc) is 2.76. The second-order valence-electron chi connectivity index (χ2n) is 7.41. The van der Waals surface area contributed by atoms with Crippen molar-refractivity contribution in [2.24, 2.45) is 0 Å². The number of anilines is 2. The van der Waals surface area contributed by atoms with Gasteiger partial charge in [-0.15, -0.1) is 0 Å². The van der Waals surface area contributed by atoms with Gasteiger partial charge in [-0.3, -0.25) is 9.52 Å². The van der Waals surface area contributed by atoms with Crippen LogP contribution in [0.3, 0.4) is 0 Å². The van der Waals surface area contributed by atoms with E-state index in [9.17, 15) is 13.2 Å². The average molecular weight is 455 g/mol. The molecule has 2 N–H and O–H groups in total. The third kappa shape index (κ3) is 5.03. The first-order valence-electron chi connectivity index (χ1n) is 9.88. The molecule has 0 heterocycles. The molecule has 0 spiro atoms. The van der Waals surface area contributed by atoms with Crippen molar-refractivity contribution in [3.05, 3.63) is 76.9 Å². The standard InChI is InChI=1S/C24H26N2O5S/c1-15-7-9-19(12-17(15)3)26-32(28,29)23-13-18(8-6-16(23)2)24(27)25-21-11-10-20(30-4)14-22(21)31-5/h6-14,26H,1-5H3,(H,25,27). The minimum absolute atomic E-state index is 0.0325. The van der Waals surface area contributed by atoms with Crippen LogP contribution in [0.5, 0.6) is 11.5 Å². The Morgan fingerprint density at radius 3 is 2.19 bits per heavy atom. The van der Waals surface area contributed by atoms with Crippen LogP contribution >= 0.6 is 0 Å². The maximum absolute atomic E-state index is 13.0. The highest BCUT2D eigenvalue weighted by Gasteiger charge is 2.20. The summed E-state index contributed by atoms with van der Waals surface area (Å²) < 4.78 is 39.2. The molecule has 168 valence electrons. The fourth-order valence-electron chi connectivity index (χ4n) is 3.14. The summed E-state index contributed by atoms with van der Waals surface area (Å²) in [4.78, 5) is 12.9. The minimum atomic E-state index is -3.90. The molecule has 3 aromatic carbocycles. The highest BCUT2D eigenvalue weighted by atomic mass is 32.2. The van der Waals surface area contributed by atoms with Crippen LogP contribution in [0.1, 0.15) is 27.0 Å². The molecule has 3 rings (SSSR count). The largest absolute Gasteiger partial charge is 0.497 e. The molecular formula is C24H26N2O5S. The smallest absolute Gasteiger partial charge is 0.262 e. The fourth-order valence-corrected chi connectivity index (χ4v) is 4.46. The first-order chi connectivity index (χ1) is 15.1. The molecule has 0 aliphatic heterocycles. The Kier molecular flexibility index (Phi) is 6.74. The summed E-state index contributed by atoms with van der Waals surface area (Å²) in [6, 6.07) is 14.9. The van der Waals surface area contributed by atoms with Gasteiger partial charge in [0.2, 0.25) is 0 Å². The Morgan fingerprint density at radius 1 is 0.812 bits per heavy atom. The van der Waals surface area contributed by atoms with E-state index in [0.29, 0.717) is 28.4 Å². The molecule has 0 unspecified atom stereocenters. The van der Waals surface area contributed by atoms with Gasteiger partial charge in [-0.25, -0.2) is 8.42 Å². The molecule has 0 aromatic heterocycles. The number of amides is 1. The highest BCUT2D eigenvalue weighted by Crippen LogP contribution is 2.30. The molecule has 3 aromatic rings. The molecule has 32 heavy (non-hydrogen) atoms. The topological polar surface area (TPSA) is 93.7 Å². The van der Waals surface area contributed by atoms with Crippen molar-refractivity contribution in [3.8, 4) is 11.5 Å². The van der Waals surface area contributed by atoms with Crippen LogP contribution in [-0.4, -0.2) is 28.5 Å². The maximum atomic E-state index is 13.0. The Balaban J connectivity index is 1.89. The molecule has 0 atom stereocenters. The monoisotopic (exact) mass is 454 g/mol. The van der Waals surface area contributed by atoms with Gasteiger partial charge < -0.3 is 14.8 Å². The Labute approximate surface area is 188 Å². The number of carbonyl (C=O) groups is 1. The zero-order valence-electron chi connectivity index (χ0n) is 18.6. The summed E-state index contributed by atoms with van der Waals surface area (Å²) >= 11 is 0. The molecule has 0 bridgehead atoms. The van der Waals surface area contributed by atoms with E-state index in [-0.39, 0.29) is 10.5 Å². The maximum Gasteiger partial charge on any atom is 0.262 e. The molecule has 7 nitrogen and oxygen atoms in total. The van der Waals surface area contributed by atoms with Crippen molar-refractivity contribution in [1.82, 2.24) is 0 Å². The predicted octanol–water partition coefficient (Wildman–Crippen LogP) is 4.68. The lowest BCUT2D eigenvalue weighted by atomic mass is 10.1. The lowest BCUT2D eigenvalue weighted by Gasteiger charge is -2.14. The number of carbonyl (C=O) groups excluding carboxylic acids is 1. The van der Waals surface area contributed by atoms with Crippen LogP contribution in [-0.2, 0) is 10.0 Å². The van der Waals surface area contributed by atoms with Crippen molar-refractivity contribution in [2.45, 2.75) is 25.7 Å². The SMILES string of the molecule is COc1ccc(NC(=O)c2ccc(C)c(S(=O)(=O)Nc3ccc(C)c(C)c3)c2)c(OC)c1. The van der Waals surface area contributed by atoms with E-state index in [0.717, 1.165) is 11.1 Å². The van der Waals surface area contributed by atoms with Gasteiger partial charge >= 0.3 is 0 Å². The summed E-state index contributed by atoms with van der Waals surface area (Å²) in [7, 11) is -0.875. The van der Waals surface area contributed by atoms with Gasteiger partial charge in [-0.1, -0.05) is 12.1 Å². The van der Waals surface area contributed by atoms with Gasteiger partial charge in [0.05, 0.1) is 24.8 Å². The van der Waals surface area contributed by atoms with E-state index in [2.05, 4.69) is 10.0 Å². The third-order valence-corrected chi connectivity index (χ3v) is 6.68. The van der Waals surface area contributed by atoms with Crippen LogP contribution in [0.15, 0.2) is 59.5 Å². The second-order valence-corrected chi connectivity index (χ2v) is 9.06. The van der Waals surface area contributed by atoms with Gasteiger partial charge in [-0.05, 0) is 73.9 Å². The third-order valence-electron chi connectivity index (χ3n) is 5.16. The Bertz CT molecular complexity index is 1270. The zero-order valence-corrected chi connectivity index (χ0v) is 19.5. The van der Waals surface area contributed by atoms with E-state index in [4.69, 9.17) is 9.47 Å². The van der Waals surface area contributed by atoms with E-state index in [1.165, 1.54) is 20.3 Å². The van der Waals surface area contributed by atoms with Crippen LogP contribution in [0.2, 0.25) is 0 Å². The summed E-state index contributed by atoms with van der Waals surface area (Å²) in [6.07, 6.45) is 0. The number of nitrogens with one attached hydrogen (secondary N) is 2. The first kappa shape index (κ1) is 23.1. The molecule has 0 aliphatic carbocycles. The number of hydrogen-bond donors (Lipinski definition) is 2. The molecular weight excluding hydrogens is 428 g/mol. The molecule has 0 saturated heterocycles. The van der Waals surface area contributed by atoms with Crippen LogP contribution < -0.4 is 19.5 Å². The van der Waals surface area contributed by atoms with Gasteiger partial charge in [0.1, 0.15) is 11.5 Å². The molecule has 0 fully saturated rings. The van der Waals surface area contributed by atoms with Crippen LogP contribution in [0.25, 0.3) is 0 Å². The van der Waals surface area contributed by atoms with Gasteiger partial charge in [-0.2, -0.15) is 0 Å². The lowest BCUT2D eigenvalue weighted by molar-refractivity contribution is 0.102. The minimum Gasteiger partial charge on any atom is -0.497 e. The quantitative estimate of drug-likeness (QED) is 0.541. The molecule has 0 aliphatic rings. The number of benzene rings is 3. The number of ether oxygens (including phenoxy) is 2. The second kappa shape index (κ2) is 9.32. The summed E-state index contributed by atoms with van der Waals surface area (Å²) in [5, 5.41) is 2.76. The Morgan fingerprint density at radius 2 is 1.53 bits per heavy atom. The molecule has 0 radical (unpaired) electrons. The molecule has 0 saturated carbocycles. The fraction of sp³-hybridized carbons (Fsp3) is 0.208. The summed E-state index contributed by atoms with van der Waals surface area (Å²) in [6.45, 7) is 5.55. The summed E-state index contributed by atoms with van der Waals surface area (Å²) in [5.74, 6) is 0.547. The van der Waals surface area contributed by atoms with Crippen molar-refractivity contribution in [3.63, 3.8) is 0 Å². The molecule has 8 heteroatoms.